The first-order valence-electron chi connectivity index (χ1n) is 6.04. The Morgan fingerprint density at radius 3 is 2.70 bits per heavy atom. The van der Waals surface area contributed by atoms with Gasteiger partial charge in [-0.2, -0.15) is 0 Å². The quantitative estimate of drug-likeness (QED) is 0.591. The summed E-state index contributed by atoms with van der Waals surface area (Å²) in [5.41, 5.74) is -0.225. The van der Waals surface area contributed by atoms with Crippen LogP contribution < -0.4 is 10.6 Å². The number of methoxy groups -OCH3 is 1. The minimum Gasteiger partial charge on any atom is -0.505 e. The van der Waals surface area contributed by atoms with Crippen molar-refractivity contribution in [2.24, 2.45) is 5.92 Å². The van der Waals surface area contributed by atoms with Crippen molar-refractivity contribution in [2.45, 2.75) is 6.92 Å². The Hall–Kier alpha value is -2.28. The molecule has 0 saturated carbocycles. The Morgan fingerprint density at radius 1 is 1.40 bits per heavy atom. The second kappa shape index (κ2) is 7.34. The third-order valence-electron chi connectivity index (χ3n) is 2.58. The molecule has 4 N–H and O–H groups in total. The van der Waals surface area contributed by atoms with Crippen LogP contribution in [0.3, 0.4) is 0 Å². The van der Waals surface area contributed by atoms with E-state index in [0.29, 0.717) is 13.2 Å². The van der Waals surface area contributed by atoms with Gasteiger partial charge in [0.05, 0.1) is 12.3 Å². The van der Waals surface area contributed by atoms with Gasteiger partial charge in [0.15, 0.2) is 5.75 Å². The van der Waals surface area contributed by atoms with Gasteiger partial charge in [-0.15, -0.1) is 0 Å². The number of para-hydroxylation sites is 1. The molecular formula is C13H18N2O5. The van der Waals surface area contributed by atoms with Gasteiger partial charge in [-0.05, 0) is 18.1 Å². The van der Waals surface area contributed by atoms with Crippen LogP contribution in [0.1, 0.15) is 17.3 Å². The first kappa shape index (κ1) is 15.8. The minimum absolute atomic E-state index is 0.0433. The van der Waals surface area contributed by atoms with Gasteiger partial charge in [-0.1, -0.05) is 13.0 Å². The molecule has 110 valence electrons. The van der Waals surface area contributed by atoms with E-state index in [-0.39, 0.29) is 17.2 Å². The maximum Gasteiger partial charge on any atom is 0.339 e. The van der Waals surface area contributed by atoms with E-state index in [4.69, 9.17) is 9.84 Å². The fraction of sp³-hybridized carbons (Fsp3) is 0.385. The first-order valence-corrected chi connectivity index (χ1v) is 6.04. The number of carbonyl (C=O) groups excluding carboxylic acids is 1. The number of carboxylic acid groups (broad SMARTS) is 1. The fourth-order valence-electron chi connectivity index (χ4n) is 1.59. The molecule has 0 saturated heterocycles. The molecule has 0 aromatic heterocycles. The lowest BCUT2D eigenvalue weighted by Gasteiger charge is -2.13. The molecule has 0 aliphatic carbocycles. The van der Waals surface area contributed by atoms with Crippen molar-refractivity contribution in [1.29, 1.82) is 0 Å². The van der Waals surface area contributed by atoms with Crippen molar-refractivity contribution >= 4 is 17.7 Å². The number of carboxylic acids is 1. The first-order chi connectivity index (χ1) is 9.45. The van der Waals surface area contributed by atoms with Crippen LogP contribution in [0.2, 0.25) is 0 Å². The number of phenols is 1. The lowest BCUT2D eigenvalue weighted by atomic mass is 10.1. The van der Waals surface area contributed by atoms with Crippen LogP contribution in [0, 0.1) is 5.92 Å². The van der Waals surface area contributed by atoms with Gasteiger partial charge < -0.3 is 25.6 Å². The normalized spacial score (nSPS) is 11.7. The van der Waals surface area contributed by atoms with Gasteiger partial charge in [0.2, 0.25) is 0 Å². The summed E-state index contributed by atoms with van der Waals surface area (Å²) in [6.45, 7) is 2.82. The molecule has 1 aromatic rings. The highest BCUT2D eigenvalue weighted by atomic mass is 16.5. The summed E-state index contributed by atoms with van der Waals surface area (Å²) >= 11 is 0. The number of rotatable bonds is 6. The number of amides is 2. The third-order valence-corrected chi connectivity index (χ3v) is 2.58. The minimum atomic E-state index is -1.26. The third kappa shape index (κ3) is 4.43. The fourth-order valence-corrected chi connectivity index (χ4v) is 1.59. The van der Waals surface area contributed by atoms with Gasteiger partial charge >= 0.3 is 12.0 Å². The van der Waals surface area contributed by atoms with Gasteiger partial charge in [0, 0.05) is 13.7 Å². The summed E-state index contributed by atoms with van der Waals surface area (Å²) in [7, 11) is 1.58. The highest BCUT2D eigenvalue weighted by molar-refractivity contribution is 5.97. The summed E-state index contributed by atoms with van der Waals surface area (Å²) in [6, 6.07) is 3.58. The van der Waals surface area contributed by atoms with Crippen molar-refractivity contribution in [1.82, 2.24) is 5.32 Å². The van der Waals surface area contributed by atoms with E-state index in [1.54, 1.807) is 7.11 Å². The van der Waals surface area contributed by atoms with E-state index in [9.17, 15) is 14.7 Å². The molecule has 2 amide bonds. The highest BCUT2D eigenvalue weighted by Crippen LogP contribution is 2.27. The van der Waals surface area contributed by atoms with Crippen molar-refractivity contribution in [2.75, 3.05) is 25.6 Å². The zero-order valence-corrected chi connectivity index (χ0v) is 11.3. The summed E-state index contributed by atoms with van der Waals surface area (Å²) < 4.78 is 4.94. The molecule has 1 atom stereocenters. The van der Waals surface area contributed by atoms with E-state index in [2.05, 4.69) is 10.6 Å². The van der Waals surface area contributed by atoms with E-state index in [1.165, 1.54) is 18.2 Å². The molecule has 0 aliphatic heterocycles. The molecule has 1 rings (SSSR count). The standard InChI is InChI=1S/C13H18N2O5/c1-8(7-20-2)6-14-13(19)15-10-5-3-4-9(11(10)16)12(17)18/h3-5,8,16H,6-7H2,1-2H3,(H,17,18)(H2,14,15,19). The number of aromatic carboxylic acids is 1. The molecule has 1 unspecified atom stereocenters. The summed E-state index contributed by atoms with van der Waals surface area (Å²) in [4.78, 5) is 22.5. The highest BCUT2D eigenvalue weighted by Gasteiger charge is 2.14. The molecular weight excluding hydrogens is 264 g/mol. The molecule has 0 radical (unpaired) electrons. The lowest BCUT2D eigenvalue weighted by molar-refractivity contribution is 0.0693. The van der Waals surface area contributed by atoms with E-state index < -0.39 is 17.7 Å². The Kier molecular flexibility index (Phi) is 5.79. The van der Waals surface area contributed by atoms with E-state index in [0.717, 1.165) is 0 Å². The van der Waals surface area contributed by atoms with Crippen molar-refractivity contribution in [3.8, 4) is 5.75 Å². The molecule has 0 spiro atoms. The maximum atomic E-state index is 11.6. The average molecular weight is 282 g/mol. The second-order valence-corrected chi connectivity index (χ2v) is 4.40. The SMILES string of the molecule is COCC(C)CNC(=O)Nc1cccc(C(=O)O)c1O. The van der Waals surface area contributed by atoms with Crippen LogP contribution in [-0.2, 0) is 4.74 Å². The molecule has 1 aromatic carbocycles. The topological polar surface area (TPSA) is 108 Å². The number of benzene rings is 1. The predicted molar refractivity (Wildman–Crippen MR) is 73.1 cm³/mol. The van der Waals surface area contributed by atoms with Gasteiger partial charge in [-0.3, -0.25) is 0 Å². The van der Waals surface area contributed by atoms with E-state index in [1.807, 2.05) is 6.92 Å². The van der Waals surface area contributed by atoms with Gasteiger partial charge in [0.25, 0.3) is 0 Å². The lowest BCUT2D eigenvalue weighted by Crippen LogP contribution is -2.33. The largest absolute Gasteiger partial charge is 0.505 e. The van der Waals surface area contributed by atoms with Crippen molar-refractivity contribution in [3.05, 3.63) is 23.8 Å². The van der Waals surface area contributed by atoms with Crippen LogP contribution in [0.25, 0.3) is 0 Å². The van der Waals surface area contributed by atoms with E-state index >= 15 is 0 Å². The molecule has 0 bridgehead atoms. The molecule has 7 nitrogen and oxygen atoms in total. The monoisotopic (exact) mass is 282 g/mol. The van der Waals surface area contributed by atoms with Crippen LogP contribution >= 0.6 is 0 Å². The van der Waals surface area contributed by atoms with Gasteiger partial charge in [-0.25, -0.2) is 9.59 Å². The van der Waals surface area contributed by atoms with Crippen molar-refractivity contribution in [3.63, 3.8) is 0 Å². The summed E-state index contributed by atoms with van der Waals surface area (Å²) in [5.74, 6) is -1.59. The Bertz CT molecular complexity index is 490. The number of hydrogen-bond donors (Lipinski definition) is 4. The molecule has 0 aliphatic rings. The predicted octanol–water partition coefficient (Wildman–Crippen LogP) is 1.49. The molecule has 0 fully saturated rings. The van der Waals surface area contributed by atoms with Crippen LogP contribution in [0.15, 0.2) is 18.2 Å². The Labute approximate surface area is 116 Å². The number of aromatic hydroxyl groups is 1. The van der Waals surface area contributed by atoms with Crippen LogP contribution in [-0.4, -0.2) is 42.5 Å². The number of anilines is 1. The van der Waals surface area contributed by atoms with Crippen molar-refractivity contribution < 1.29 is 24.5 Å². The van der Waals surface area contributed by atoms with Gasteiger partial charge in [0.1, 0.15) is 5.56 Å². The average Bonchev–Trinajstić information content (AvgIpc) is 2.39. The summed E-state index contributed by atoms with van der Waals surface area (Å²) in [6.07, 6.45) is 0. The smallest absolute Gasteiger partial charge is 0.339 e. The maximum absolute atomic E-state index is 11.6. The number of hydrogen-bond acceptors (Lipinski definition) is 4. The second-order valence-electron chi connectivity index (χ2n) is 4.40. The van der Waals surface area contributed by atoms with Crippen LogP contribution in [0.4, 0.5) is 10.5 Å². The number of nitrogens with one attached hydrogen (secondary N) is 2. The molecule has 20 heavy (non-hydrogen) atoms. The number of urea groups is 1. The summed E-state index contributed by atoms with van der Waals surface area (Å²) in [5, 5.41) is 23.6. The Morgan fingerprint density at radius 2 is 2.10 bits per heavy atom. The zero-order valence-electron chi connectivity index (χ0n) is 11.3. The number of ether oxygens (including phenoxy) is 1. The van der Waals surface area contributed by atoms with Crippen LogP contribution in [0.5, 0.6) is 5.75 Å². The Balaban J connectivity index is 2.62. The number of carbonyl (C=O) groups is 2. The molecule has 7 heteroatoms. The zero-order chi connectivity index (χ0) is 15.1. The molecule has 0 heterocycles.